The molecule has 1 aliphatic heterocycles. The standard InChI is InChI=1S/C15H17BrFNO2/c1-15(2,3)9-7-12(19)18(8-9)14(20)13-10(16)5-4-6-11(13)17/h4-6,9H,7-8H2,1-3H3. The molecule has 5 heteroatoms. The second-order valence-electron chi connectivity index (χ2n) is 6.17. The maximum absolute atomic E-state index is 13.8. The van der Waals surface area contributed by atoms with Crippen LogP contribution >= 0.6 is 15.9 Å². The molecule has 1 aliphatic rings. The summed E-state index contributed by atoms with van der Waals surface area (Å²) in [5, 5.41) is 0. The van der Waals surface area contributed by atoms with Crippen LogP contribution in [0.5, 0.6) is 0 Å². The van der Waals surface area contributed by atoms with Gasteiger partial charge in [-0.25, -0.2) is 4.39 Å². The smallest absolute Gasteiger partial charge is 0.264 e. The molecule has 2 rings (SSSR count). The summed E-state index contributed by atoms with van der Waals surface area (Å²) in [6.45, 7) is 6.47. The Kier molecular flexibility index (Phi) is 4.00. The fourth-order valence-electron chi connectivity index (χ4n) is 2.32. The first-order valence-electron chi connectivity index (χ1n) is 6.50. The van der Waals surface area contributed by atoms with Gasteiger partial charge < -0.3 is 0 Å². The van der Waals surface area contributed by atoms with Crippen molar-refractivity contribution in [2.24, 2.45) is 11.3 Å². The highest BCUT2D eigenvalue weighted by molar-refractivity contribution is 9.10. The van der Waals surface area contributed by atoms with E-state index in [4.69, 9.17) is 0 Å². The molecule has 3 nitrogen and oxygen atoms in total. The summed E-state index contributed by atoms with van der Waals surface area (Å²) in [5.74, 6) is -1.31. The van der Waals surface area contributed by atoms with Crippen LogP contribution in [-0.2, 0) is 4.79 Å². The molecule has 0 N–H and O–H groups in total. The second-order valence-corrected chi connectivity index (χ2v) is 7.03. The Labute approximate surface area is 126 Å². The van der Waals surface area contributed by atoms with E-state index in [-0.39, 0.29) is 22.8 Å². The van der Waals surface area contributed by atoms with Gasteiger partial charge in [-0.1, -0.05) is 26.8 Å². The highest BCUT2D eigenvalue weighted by atomic mass is 79.9. The Balaban J connectivity index is 2.29. The van der Waals surface area contributed by atoms with Crippen molar-refractivity contribution in [1.82, 2.24) is 4.90 Å². The van der Waals surface area contributed by atoms with Crippen molar-refractivity contribution in [1.29, 1.82) is 0 Å². The lowest BCUT2D eigenvalue weighted by molar-refractivity contribution is -0.125. The topological polar surface area (TPSA) is 37.4 Å². The molecule has 0 bridgehead atoms. The molecule has 2 amide bonds. The molecule has 20 heavy (non-hydrogen) atoms. The van der Waals surface area contributed by atoms with E-state index in [1.807, 2.05) is 20.8 Å². The van der Waals surface area contributed by atoms with Crippen LogP contribution in [0.1, 0.15) is 37.6 Å². The predicted molar refractivity (Wildman–Crippen MR) is 77.7 cm³/mol. The molecule has 1 aromatic rings. The second kappa shape index (κ2) is 5.28. The molecule has 1 saturated heterocycles. The van der Waals surface area contributed by atoms with E-state index in [0.29, 0.717) is 17.4 Å². The van der Waals surface area contributed by atoms with Gasteiger partial charge in [0.2, 0.25) is 5.91 Å². The van der Waals surface area contributed by atoms with Crippen molar-refractivity contribution in [3.8, 4) is 0 Å². The van der Waals surface area contributed by atoms with Crippen molar-refractivity contribution in [2.45, 2.75) is 27.2 Å². The minimum absolute atomic E-state index is 0.0584. The third-order valence-corrected chi connectivity index (χ3v) is 4.43. The zero-order chi connectivity index (χ0) is 15.1. The summed E-state index contributed by atoms with van der Waals surface area (Å²) < 4.78 is 14.2. The number of benzene rings is 1. The molecule has 0 aliphatic carbocycles. The van der Waals surface area contributed by atoms with Crippen molar-refractivity contribution in [3.63, 3.8) is 0 Å². The number of halogens is 2. The lowest BCUT2D eigenvalue weighted by Gasteiger charge is -2.26. The van der Waals surface area contributed by atoms with Gasteiger partial charge >= 0.3 is 0 Å². The highest BCUT2D eigenvalue weighted by Crippen LogP contribution is 2.35. The molecule has 1 heterocycles. The van der Waals surface area contributed by atoms with Crippen LogP contribution < -0.4 is 0 Å². The molecule has 1 fully saturated rings. The maximum Gasteiger partial charge on any atom is 0.264 e. The Morgan fingerprint density at radius 1 is 1.40 bits per heavy atom. The number of rotatable bonds is 1. The van der Waals surface area contributed by atoms with Gasteiger partial charge in [-0.2, -0.15) is 0 Å². The Hall–Kier alpha value is -1.23. The first kappa shape index (κ1) is 15.2. The van der Waals surface area contributed by atoms with Crippen LogP contribution in [-0.4, -0.2) is 23.3 Å². The van der Waals surface area contributed by atoms with E-state index in [2.05, 4.69) is 15.9 Å². The molecule has 0 saturated carbocycles. The Morgan fingerprint density at radius 2 is 2.05 bits per heavy atom. The lowest BCUT2D eigenvalue weighted by atomic mass is 9.80. The molecular weight excluding hydrogens is 325 g/mol. The number of amides is 2. The molecule has 1 unspecified atom stereocenters. The summed E-state index contributed by atoms with van der Waals surface area (Å²) in [6, 6.07) is 4.33. The number of nitrogens with zero attached hydrogens (tertiary/aromatic N) is 1. The largest absolute Gasteiger partial charge is 0.278 e. The van der Waals surface area contributed by atoms with Crippen molar-refractivity contribution < 1.29 is 14.0 Å². The van der Waals surface area contributed by atoms with Gasteiger partial charge in [0.25, 0.3) is 5.91 Å². The average Bonchev–Trinajstić information content (AvgIpc) is 2.70. The number of carbonyl (C=O) groups is 2. The van der Waals surface area contributed by atoms with Gasteiger partial charge in [-0.05, 0) is 39.4 Å². The monoisotopic (exact) mass is 341 g/mol. The van der Waals surface area contributed by atoms with Gasteiger partial charge in [0, 0.05) is 17.4 Å². The quantitative estimate of drug-likeness (QED) is 0.731. The van der Waals surface area contributed by atoms with E-state index < -0.39 is 11.7 Å². The fourth-order valence-corrected chi connectivity index (χ4v) is 2.83. The van der Waals surface area contributed by atoms with E-state index in [1.165, 1.54) is 17.0 Å². The SMILES string of the molecule is CC(C)(C)C1CC(=O)N(C(=O)c2c(F)cccc2Br)C1. The zero-order valence-corrected chi connectivity index (χ0v) is 13.3. The number of imide groups is 1. The Morgan fingerprint density at radius 3 is 2.55 bits per heavy atom. The summed E-state index contributed by atoms with van der Waals surface area (Å²) in [4.78, 5) is 25.6. The minimum Gasteiger partial charge on any atom is -0.278 e. The van der Waals surface area contributed by atoms with Gasteiger partial charge in [0.15, 0.2) is 0 Å². The van der Waals surface area contributed by atoms with Crippen molar-refractivity contribution in [2.75, 3.05) is 6.54 Å². The first-order valence-corrected chi connectivity index (χ1v) is 7.30. The number of hydrogen-bond acceptors (Lipinski definition) is 2. The summed E-state index contributed by atoms with van der Waals surface area (Å²) >= 11 is 3.17. The lowest BCUT2D eigenvalue weighted by Crippen LogP contribution is -2.34. The van der Waals surface area contributed by atoms with Crippen LogP contribution in [0.2, 0.25) is 0 Å². The van der Waals surface area contributed by atoms with Gasteiger partial charge in [0.05, 0.1) is 5.56 Å². The average molecular weight is 342 g/mol. The molecule has 0 aromatic heterocycles. The number of hydrogen-bond donors (Lipinski definition) is 0. The van der Waals surface area contributed by atoms with Crippen LogP contribution in [0.3, 0.4) is 0 Å². The van der Waals surface area contributed by atoms with Gasteiger partial charge in [-0.3, -0.25) is 14.5 Å². The molecule has 108 valence electrons. The highest BCUT2D eigenvalue weighted by Gasteiger charge is 2.40. The minimum atomic E-state index is -0.614. The third-order valence-electron chi connectivity index (χ3n) is 3.77. The van der Waals surface area contributed by atoms with E-state index in [9.17, 15) is 14.0 Å². The maximum atomic E-state index is 13.8. The van der Waals surface area contributed by atoms with E-state index in [0.717, 1.165) is 0 Å². The van der Waals surface area contributed by atoms with Crippen molar-refractivity contribution in [3.05, 3.63) is 34.1 Å². The summed E-state index contributed by atoms with van der Waals surface area (Å²) in [7, 11) is 0. The number of carbonyl (C=O) groups excluding carboxylic acids is 2. The van der Waals surface area contributed by atoms with Gasteiger partial charge in [0.1, 0.15) is 5.82 Å². The van der Waals surface area contributed by atoms with Crippen LogP contribution in [0, 0.1) is 17.2 Å². The normalized spacial score (nSPS) is 19.6. The van der Waals surface area contributed by atoms with Crippen LogP contribution in [0.15, 0.2) is 22.7 Å². The van der Waals surface area contributed by atoms with E-state index in [1.54, 1.807) is 6.07 Å². The molecule has 1 atom stereocenters. The molecular formula is C15H17BrFNO2. The zero-order valence-electron chi connectivity index (χ0n) is 11.7. The first-order chi connectivity index (χ1) is 9.21. The van der Waals surface area contributed by atoms with E-state index >= 15 is 0 Å². The summed E-state index contributed by atoms with van der Waals surface area (Å²) in [6.07, 6.45) is 0.335. The van der Waals surface area contributed by atoms with Crippen LogP contribution in [0.4, 0.5) is 4.39 Å². The molecule has 0 spiro atoms. The molecule has 1 aromatic carbocycles. The van der Waals surface area contributed by atoms with Gasteiger partial charge in [-0.15, -0.1) is 0 Å². The summed E-state index contributed by atoms with van der Waals surface area (Å²) in [5.41, 5.74) is -0.132. The molecule has 0 radical (unpaired) electrons. The number of likely N-dealkylation sites (tertiary alicyclic amines) is 1. The Bertz CT molecular complexity index is 545. The van der Waals surface area contributed by atoms with Crippen molar-refractivity contribution >= 4 is 27.7 Å². The predicted octanol–water partition coefficient (Wildman–Crippen LogP) is 3.62. The van der Waals surface area contributed by atoms with Crippen LogP contribution in [0.25, 0.3) is 0 Å². The fraction of sp³-hybridized carbons (Fsp3) is 0.467. The third kappa shape index (κ3) is 2.77.